The van der Waals surface area contributed by atoms with Crippen LogP contribution < -0.4 is 4.74 Å². The van der Waals surface area contributed by atoms with E-state index in [0.717, 1.165) is 0 Å². The van der Waals surface area contributed by atoms with Gasteiger partial charge < -0.3 is 9.64 Å². The summed E-state index contributed by atoms with van der Waals surface area (Å²) in [5.41, 5.74) is 0.441. The van der Waals surface area contributed by atoms with Crippen LogP contribution in [-0.4, -0.2) is 43.3 Å². The van der Waals surface area contributed by atoms with E-state index >= 15 is 0 Å². The monoisotopic (exact) mass is 373 g/mol. The molecule has 0 unspecified atom stereocenters. The molecule has 1 saturated heterocycles. The topological polar surface area (TPSA) is 63.7 Å². The molecule has 0 aromatic heterocycles. The zero-order chi connectivity index (χ0) is 18.7. The highest BCUT2D eigenvalue weighted by Gasteiger charge is 2.40. The Hall–Kier alpha value is -2.34. The lowest BCUT2D eigenvalue weighted by molar-refractivity contribution is 0.0656. The highest BCUT2D eigenvalue weighted by Crippen LogP contribution is 2.28. The Labute approximate surface area is 154 Å². The maximum atomic E-state index is 12.8. The minimum absolute atomic E-state index is 0.0877. The Bertz CT molecular complexity index is 872. The largest absolute Gasteiger partial charge is 0.457 e. The van der Waals surface area contributed by atoms with Gasteiger partial charge in [0.15, 0.2) is 9.84 Å². The Balaban J connectivity index is 1.70. The fourth-order valence-electron chi connectivity index (χ4n) is 2.95. The van der Waals surface area contributed by atoms with E-state index in [9.17, 15) is 13.2 Å². The highest BCUT2D eigenvalue weighted by atomic mass is 32.2. The molecule has 2 aromatic carbocycles. The summed E-state index contributed by atoms with van der Waals surface area (Å²) in [7, 11) is -3.16. The number of nitrogens with zero attached hydrogens (tertiary/aromatic N) is 1. The van der Waals surface area contributed by atoms with E-state index in [4.69, 9.17) is 4.74 Å². The molecule has 0 spiro atoms. The van der Waals surface area contributed by atoms with Crippen LogP contribution in [0.4, 0.5) is 0 Å². The number of ether oxygens (including phenoxy) is 1. The van der Waals surface area contributed by atoms with Crippen LogP contribution in [0.3, 0.4) is 0 Å². The SMILES string of the molecule is CC(C)CS(=O)(=O)C1CN(C(=O)c2ccccc2Oc2ccccc2)C1. The third-order valence-corrected chi connectivity index (χ3v) is 6.74. The number of carbonyl (C=O) groups is 1. The number of carbonyl (C=O) groups excluding carboxylic acids is 1. The van der Waals surface area contributed by atoms with Gasteiger partial charge in [-0.1, -0.05) is 44.2 Å². The van der Waals surface area contributed by atoms with Crippen molar-refractivity contribution < 1.29 is 17.9 Å². The lowest BCUT2D eigenvalue weighted by Crippen LogP contribution is -2.57. The molecule has 1 aliphatic heterocycles. The average molecular weight is 373 g/mol. The van der Waals surface area contributed by atoms with E-state index in [2.05, 4.69) is 0 Å². The second-order valence-corrected chi connectivity index (χ2v) is 9.29. The van der Waals surface area contributed by atoms with Crippen molar-refractivity contribution in [1.82, 2.24) is 4.90 Å². The van der Waals surface area contributed by atoms with Gasteiger partial charge in [0.05, 0.1) is 16.6 Å². The van der Waals surface area contributed by atoms with Crippen molar-refractivity contribution in [2.75, 3.05) is 18.8 Å². The van der Waals surface area contributed by atoms with Gasteiger partial charge >= 0.3 is 0 Å². The van der Waals surface area contributed by atoms with Crippen LogP contribution in [0, 0.1) is 5.92 Å². The van der Waals surface area contributed by atoms with E-state index in [0.29, 0.717) is 17.1 Å². The lowest BCUT2D eigenvalue weighted by Gasteiger charge is -2.39. The summed E-state index contributed by atoms with van der Waals surface area (Å²) in [5.74, 6) is 1.16. The second-order valence-electron chi connectivity index (χ2n) is 6.97. The highest BCUT2D eigenvalue weighted by molar-refractivity contribution is 7.92. The smallest absolute Gasteiger partial charge is 0.257 e. The Morgan fingerprint density at radius 3 is 2.35 bits per heavy atom. The predicted molar refractivity (Wildman–Crippen MR) is 101 cm³/mol. The second kappa shape index (κ2) is 7.50. The summed E-state index contributed by atoms with van der Waals surface area (Å²) in [6, 6.07) is 16.3. The quantitative estimate of drug-likeness (QED) is 0.779. The van der Waals surface area contributed by atoms with Crippen LogP contribution in [0.2, 0.25) is 0 Å². The van der Waals surface area contributed by atoms with Crippen molar-refractivity contribution >= 4 is 15.7 Å². The summed E-state index contributed by atoms with van der Waals surface area (Å²) >= 11 is 0. The molecule has 26 heavy (non-hydrogen) atoms. The molecule has 0 N–H and O–H groups in total. The van der Waals surface area contributed by atoms with Gasteiger partial charge in [-0.15, -0.1) is 0 Å². The number of rotatable bonds is 6. The van der Waals surface area contributed by atoms with Gasteiger partial charge in [-0.3, -0.25) is 4.79 Å². The van der Waals surface area contributed by atoms with Gasteiger partial charge in [0.1, 0.15) is 11.5 Å². The fourth-order valence-corrected chi connectivity index (χ4v) is 4.97. The summed E-state index contributed by atoms with van der Waals surface area (Å²) in [6.45, 7) is 4.26. The number of hydrogen-bond acceptors (Lipinski definition) is 4. The number of likely N-dealkylation sites (tertiary alicyclic amines) is 1. The van der Waals surface area contributed by atoms with Crippen LogP contribution >= 0.6 is 0 Å². The Kier molecular flexibility index (Phi) is 5.32. The number of para-hydroxylation sites is 2. The molecule has 0 radical (unpaired) electrons. The minimum Gasteiger partial charge on any atom is -0.457 e. The third-order valence-electron chi connectivity index (χ3n) is 4.30. The van der Waals surface area contributed by atoms with Gasteiger partial charge in [0.25, 0.3) is 5.91 Å². The molecular weight excluding hydrogens is 350 g/mol. The number of hydrogen-bond donors (Lipinski definition) is 0. The van der Waals surface area contributed by atoms with Crippen molar-refractivity contribution in [3.05, 3.63) is 60.2 Å². The van der Waals surface area contributed by atoms with Gasteiger partial charge in [-0.2, -0.15) is 0 Å². The van der Waals surface area contributed by atoms with E-state index in [1.54, 1.807) is 29.2 Å². The summed E-state index contributed by atoms with van der Waals surface area (Å²) in [4.78, 5) is 14.3. The number of amides is 1. The van der Waals surface area contributed by atoms with Crippen molar-refractivity contribution in [3.8, 4) is 11.5 Å². The van der Waals surface area contributed by atoms with Crippen molar-refractivity contribution in [2.24, 2.45) is 5.92 Å². The van der Waals surface area contributed by atoms with Crippen molar-refractivity contribution in [2.45, 2.75) is 19.1 Å². The van der Waals surface area contributed by atoms with Gasteiger partial charge in [-0.05, 0) is 30.2 Å². The molecule has 0 atom stereocenters. The van der Waals surface area contributed by atoms with Crippen LogP contribution in [0.15, 0.2) is 54.6 Å². The first kappa shape index (κ1) is 18.5. The van der Waals surface area contributed by atoms with E-state index in [1.165, 1.54) is 0 Å². The summed E-state index contributed by atoms with van der Waals surface area (Å²) < 4.78 is 30.4. The Morgan fingerprint density at radius 1 is 1.08 bits per heavy atom. The minimum atomic E-state index is -3.16. The van der Waals surface area contributed by atoms with E-state index < -0.39 is 15.1 Å². The first-order valence-electron chi connectivity index (χ1n) is 8.69. The van der Waals surface area contributed by atoms with Crippen molar-refractivity contribution in [1.29, 1.82) is 0 Å². The molecule has 1 fully saturated rings. The molecule has 1 heterocycles. The van der Waals surface area contributed by atoms with E-state index in [1.807, 2.05) is 44.2 Å². The van der Waals surface area contributed by atoms with Gasteiger partial charge in [-0.25, -0.2) is 8.42 Å². The average Bonchev–Trinajstić information content (AvgIpc) is 2.53. The third kappa shape index (κ3) is 4.07. The van der Waals surface area contributed by atoms with Crippen LogP contribution in [0.5, 0.6) is 11.5 Å². The maximum Gasteiger partial charge on any atom is 0.257 e. The molecule has 0 saturated carbocycles. The van der Waals surface area contributed by atoms with Crippen LogP contribution in [0.1, 0.15) is 24.2 Å². The molecule has 0 aliphatic carbocycles. The first-order chi connectivity index (χ1) is 12.4. The van der Waals surface area contributed by atoms with Crippen molar-refractivity contribution in [3.63, 3.8) is 0 Å². The molecule has 1 aliphatic rings. The summed E-state index contributed by atoms with van der Waals surface area (Å²) in [6.07, 6.45) is 0. The molecule has 5 nitrogen and oxygen atoms in total. The maximum absolute atomic E-state index is 12.8. The zero-order valence-corrected chi connectivity index (χ0v) is 15.8. The normalized spacial score (nSPS) is 15.0. The summed E-state index contributed by atoms with van der Waals surface area (Å²) in [5, 5.41) is -0.462. The molecule has 1 amide bonds. The fraction of sp³-hybridized carbons (Fsp3) is 0.350. The molecule has 138 valence electrons. The van der Waals surface area contributed by atoms with Gasteiger partial charge in [0.2, 0.25) is 0 Å². The number of benzene rings is 2. The molecule has 0 bridgehead atoms. The predicted octanol–water partition coefficient (Wildman–Crippen LogP) is 3.37. The number of sulfone groups is 1. The standard InChI is InChI=1S/C20H23NO4S/c1-15(2)14-26(23,24)17-12-21(13-17)20(22)18-10-6-7-11-19(18)25-16-8-4-3-5-9-16/h3-11,15,17H,12-14H2,1-2H3. The molecule has 3 rings (SSSR count). The van der Waals surface area contributed by atoms with Crippen LogP contribution in [0.25, 0.3) is 0 Å². The molecular formula is C20H23NO4S. The van der Waals surface area contributed by atoms with Crippen LogP contribution in [-0.2, 0) is 9.84 Å². The van der Waals surface area contributed by atoms with Gasteiger partial charge in [0, 0.05) is 13.1 Å². The lowest BCUT2D eigenvalue weighted by atomic mass is 10.1. The first-order valence-corrected chi connectivity index (χ1v) is 10.4. The molecule has 6 heteroatoms. The zero-order valence-electron chi connectivity index (χ0n) is 15.0. The Morgan fingerprint density at radius 2 is 1.69 bits per heavy atom. The van der Waals surface area contributed by atoms with E-state index in [-0.39, 0.29) is 30.7 Å². The molecule has 2 aromatic rings.